The van der Waals surface area contributed by atoms with Gasteiger partial charge in [0.05, 0.1) is 5.92 Å². The van der Waals surface area contributed by atoms with Crippen molar-refractivity contribution in [3.8, 4) is 0 Å². The van der Waals surface area contributed by atoms with E-state index in [4.69, 9.17) is 5.73 Å². The van der Waals surface area contributed by atoms with E-state index in [0.29, 0.717) is 19.5 Å². The van der Waals surface area contributed by atoms with E-state index in [9.17, 15) is 9.59 Å². The van der Waals surface area contributed by atoms with Gasteiger partial charge in [-0.05, 0) is 50.3 Å². The molecule has 2 atom stereocenters. The first-order valence-electron chi connectivity index (χ1n) is 8.90. The molecule has 0 aromatic heterocycles. The van der Waals surface area contributed by atoms with Crippen molar-refractivity contribution in [1.82, 2.24) is 4.90 Å². The fourth-order valence-electron chi connectivity index (χ4n) is 3.90. The van der Waals surface area contributed by atoms with Gasteiger partial charge in [-0.2, -0.15) is 0 Å². The predicted molar refractivity (Wildman–Crippen MR) is 102 cm³/mol. The molecular formula is C19H28ClN3O2. The Morgan fingerprint density at radius 3 is 2.76 bits per heavy atom. The summed E-state index contributed by atoms with van der Waals surface area (Å²) in [6.45, 7) is 5.83. The lowest BCUT2D eigenvalue weighted by Crippen LogP contribution is -2.50. The molecule has 0 aliphatic carbocycles. The van der Waals surface area contributed by atoms with E-state index in [1.165, 1.54) is 0 Å². The van der Waals surface area contributed by atoms with Crippen molar-refractivity contribution in [1.29, 1.82) is 0 Å². The monoisotopic (exact) mass is 365 g/mol. The number of hydrogen-bond donors (Lipinski definition) is 1. The minimum absolute atomic E-state index is 0. The second-order valence-electron chi connectivity index (χ2n) is 7.04. The molecule has 0 spiro atoms. The van der Waals surface area contributed by atoms with E-state index < -0.39 is 0 Å². The highest BCUT2D eigenvalue weighted by Gasteiger charge is 2.39. The summed E-state index contributed by atoms with van der Waals surface area (Å²) in [5, 5.41) is 0. The molecule has 2 unspecified atom stereocenters. The minimum atomic E-state index is -0.246. The average molecular weight is 366 g/mol. The zero-order valence-corrected chi connectivity index (χ0v) is 15.8. The number of carbonyl (C=O) groups excluding carboxylic acids is 2. The molecule has 1 aromatic rings. The summed E-state index contributed by atoms with van der Waals surface area (Å²) in [4.78, 5) is 29.2. The van der Waals surface area contributed by atoms with Gasteiger partial charge in [0.15, 0.2) is 0 Å². The van der Waals surface area contributed by atoms with Crippen LogP contribution in [0.15, 0.2) is 18.2 Å². The highest BCUT2D eigenvalue weighted by Crippen LogP contribution is 2.31. The Balaban J connectivity index is 0.00000225. The zero-order valence-electron chi connectivity index (χ0n) is 15.0. The lowest BCUT2D eigenvalue weighted by molar-refractivity contribution is -0.139. The molecular weight excluding hydrogens is 338 g/mol. The molecule has 0 bridgehead atoms. The Labute approximate surface area is 155 Å². The number of carbonyl (C=O) groups is 2. The molecule has 2 saturated heterocycles. The van der Waals surface area contributed by atoms with E-state index in [-0.39, 0.29) is 36.2 Å². The normalized spacial score (nSPS) is 23.6. The lowest BCUT2D eigenvalue weighted by Gasteiger charge is -2.36. The Kier molecular flexibility index (Phi) is 6.47. The SMILES string of the molecule is Cc1cccc(N2CC(C(=O)N3CCCCC3CN)CC2=O)c1C.Cl. The third-order valence-electron chi connectivity index (χ3n) is 5.52. The number of aryl methyl sites for hydroxylation is 1. The van der Waals surface area contributed by atoms with Crippen LogP contribution in [-0.2, 0) is 9.59 Å². The number of rotatable bonds is 3. The van der Waals surface area contributed by atoms with Gasteiger partial charge < -0.3 is 15.5 Å². The van der Waals surface area contributed by atoms with E-state index in [0.717, 1.165) is 42.6 Å². The maximum atomic E-state index is 12.9. The Hall–Kier alpha value is -1.59. The number of amides is 2. The Morgan fingerprint density at radius 2 is 2.04 bits per heavy atom. The van der Waals surface area contributed by atoms with E-state index in [2.05, 4.69) is 0 Å². The third kappa shape index (κ3) is 3.82. The molecule has 6 heteroatoms. The van der Waals surface area contributed by atoms with Gasteiger partial charge in [0.25, 0.3) is 0 Å². The number of anilines is 1. The van der Waals surface area contributed by atoms with Crippen LogP contribution >= 0.6 is 12.4 Å². The number of halogens is 1. The Bertz CT molecular complexity index is 650. The van der Waals surface area contributed by atoms with Crippen LogP contribution < -0.4 is 10.6 Å². The van der Waals surface area contributed by atoms with Crippen molar-refractivity contribution >= 4 is 29.9 Å². The van der Waals surface area contributed by atoms with E-state index in [1.807, 2.05) is 36.9 Å². The smallest absolute Gasteiger partial charge is 0.228 e. The van der Waals surface area contributed by atoms with Gasteiger partial charge in [-0.25, -0.2) is 0 Å². The molecule has 2 fully saturated rings. The summed E-state index contributed by atoms with van der Waals surface area (Å²) in [5.41, 5.74) is 9.05. The number of piperidine rings is 1. The second-order valence-corrected chi connectivity index (χ2v) is 7.04. The molecule has 5 nitrogen and oxygen atoms in total. The van der Waals surface area contributed by atoms with Gasteiger partial charge in [0.1, 0.15) is 0 Å². The fourth-order valence-corrected chi connectivity index (χ4v) is 3.90. The summed E-state index contributed by atoms with van der Waals surface area (Å²) in [6, 6.07) is 6.11. The van der Waals surface area contributed by atoms with Gasteiger partial charge in [0, 0.05) is 37.8 Å². The van der Waals surface area contributed by atoms with Crippen LogP contribution in [0.2, 0.25) is 0 Å². The standard InChI is InChI=1S/C19H27N3O2.ClH/c1-13-6-5-8-17(14(13)2)22-12-15(10-18(22)23)19(24)21-9-4-3-7-16(21)11-20;/h5-6,8,15-16H,3-4,7,9-12,20H2,1-2H3;1H. The Morgan fingerprint density at radius 1 is 1.28 bits per heavy atom. The number of benzene rings is 1. The minimum Gasteiger partial charge on any atom is -0.338 e. The topological polar surface area (TPSA) is 66.6 Å². The number of nitrogens with zero attached hydrogens (tertiary/aromatic N) is 2. The molecule has 2 heterocycles. The number of nitrogens with two attached hydrogens (primary N) is 1. The largest absolute Gasteiger partial charge is 0.338 e. The molecule has 2 N–H and O–H groups in total. The van der Waals surface area contributed by atoms with Crippen LogP contribution in [0.4, 0.5) is 5.69 Å². The number of likely N-dealkylation sites (tertiary alicyclic amines) is 1. The maximum absolute atomic E-state index is 12.9. The summed E-state index contributed by atoms with van der Waals surface area (Å²) < 4.78 is 0. The second kappa shape index (κ2) is 8.19. The van der Waals surface area contributed by atoms with Crippen molar-refractivity contribution in [3.63, 3.8) is 0 Å². The molecule has 1 aromatic carbocycles. The van der Waals surface area contributed by atoms with Gasteiger partial charge >= 0.3 is 0 Å². The third-order valence-corrected chi connectivity index (χ3v) is 5.52. The number of hydrogen-bond acceptors (Lipinski definition) is 3. The summed E-state index contributed by atoms with van der Waals surface area (Å²) >= 11 is 0. The van der Waals surface area contributed by atoms with Crippen molar-refractivity contribution in [2.24, 2.45) is 11.7 Å². The highest BCUT2D eigenvalue weighted by atomic mass is 35.5. The summed E-state index contributed by atoms with van der Waals surface area (Å²) in [7, 11) is 0. The lowest BCUT2D eigenvalue weighted by atomic mass is 9.98. The first-order valence-corrected chi connectivity index (χ1v) is 8.90. The van der Waals surface area contributed by atoms with Crippen LogP contribution in [0.25, 0.3) is 0 Å². The van der Waals surface area contributed by atoms with Crippen LogP contribution in [-0.4, -0.2) is 42.4 Å². The van der Waals surface area contributed by atoms with E-state index in [1.54, 1.807) is 4.90 Å². The molecule has 0 saturated carbocycles. The molecule has 2 aliphatic heterocycles. The van der Waals surface area contributed by atoms with Gasteiger partial charge in [-0.15, -0.1) is 12.4 Å². The average Bonchev–Trinajstić information content (AvgIpc) is 2.98. The maximum Gasteiger partial charge on any atom is 0.228 e. The molecule has 2 amide bonds. The summed E-state index contributed by atoms with van der Waals surface area (Å²) in [6.07, 6.45) is 3.44. The molecule has 3 rings (SSSR count). The van der Waals surface area contributed by atoms with Crippen molar-refractivity contribution in [3.05, 3.63) is 29.3 Å². The van der Waals surface area contributed by atoms with Crippen molar-refractivity contribution in [2.75, 3.05) is 24.5 Å². The van der Waals surface area contributed by atoms with E-state index >= 15 is 0 Å². The van der Waals surface area contributed by atoms with Crippen LogP contribution in [0, 0.1) is 19.8 Å². The molecule has 0 radical (unpaired) electrons. The van der Waals surface area contributed by atoms with Crippen LogP contribution in [0.5, 0.6) is 0 Å². The predicted octanol–water partition coefficient (Wildman–Crippen LogP) is 2.42. The molecule has 138 valence electrons. The van der Waals surface area contributed by atoms with Crippen molar-refractivity contribution < 1.29 is 9.59 Å². The summed E-state index contributed by atoms with van der Waals surface area (Å²) in [5.74, 6) is -0.0979. The highest BCUT2D eigenvalue weighted by molar-refractivity contribution is 6.01. The van der Waals surface area contributed by atoms with Crippen molar-refractivity contribution in [2.45, 2.75) is 45.6 Å². The quantitative estimate of drug-likeness (QED) is 0.894. The van der Waals surface area contributed by atoms with Gasteiger partial charge in [0.2, 0.25) is 11.8 Å². The van der Waals surface area contributed by atoms with Crippen LogP contribution in [0.3, 0.4) is 0 Å². The fraction of sp³-hybridized carbons (Fsp3) is 0.579. The molecule has 25 heavy (non-hydrogen) atoms. The zero-order chi connectivity index (χ0) is 17.3. The van der Waals surface area contributed by atoms with Gasteiger partial charge in [-0.3, -0.25) is 9.59 Å². The first-order chi connectivity index (χ1) is 11.5. The first kappa shape index (κ1) is 19.7. The molecule has 2 aliphatic rings. The van der Waals surface area contributed by atoms with Crippen LogP contribution in [0.1, 0.15) is 36.8 Å². The van der Waals surface area contributed by atoms with Gasteiger partial charge in [-0.1, -0.05) is 12.1 Å².